The van der Waals surface area contributed by atoms with Crippen molar-refractivity contribution in [3.8, 4) is 11.3 Å². The number of carbonyl (C=O) groups excluding carboxylic acids is 1. The predicted octanol–water partition coefficient (Wildman–Crippen LogP) is 4.38. The van der Waals surface area contributed by atoms with Crippen LogP contribution in [0.4, 0.5) is 4.39 Å². The van der Waals surface area contributed by atoms with Gasteiger partial charge in [-0.15, -0.1) is 0 Å². The number of hydrogen-bond acceptors (Lipinski definition) is 2. The van der Waals surface area contributed by atoms with E-state index in [9.17, 15) is 9.18 Å². The van der Waals surface area contributed by atoms with Gasteiger partial charge in [-0.2, -0.15) is 0 Å². The summed E-state index contributed by atoms with van der Waals surface area (Å²) in [5, 5.41) is 0.542. The zero-order chi connectivity index (χ0) is 17.4. The summed E-state index contributed by atoms with van der Waals surface area (Å²) in [5.41, 5.74) is 2.90. The van der Waals surface area contributed by atoms with E-state index in [0.29, 0.717) is 17.0 Å². The lowest BCUT2D eigenvalue weighted by Crippen LogP contribution is -2.35. The van der Waals surface area contributed by atoms with Crippen LogP contribution in [0.5, 0.6) is 0 Å². The fourth-order valence-electron chi connectivity index (χ4n) is 3.60. The Morgan fingerprint density at radius 1 is 1.24 bits per heavy atom. The molecule has 1 amide bonds. The van der Waals surface area contributed by atoms with E-state index in [1.165, 1.54) is 19.0 Å². The van der Waals surface area contributed by atoms with E-state index in [-0.39, 0.29) is 11.7 Å². The molecule has 0 unspecified atom stereocenters. The van der Waals surface area contributed by atoms with Crippen molar-refractivity contribution in [2.75, 3.05) is 7.05 Å². The van der Waals surface area contributed by atoms with Gasteiger partial charge in [-0.05, 0) is 37.1 Å². The molecule has 1 aromatic carbocycles. The molecule has 2 heterocycles. The molecule has 0 atom stereocenters. The third-order valence-corrected chi connectivity index (χ3v) is 5.13. The number of rotatable bonds is 3. The number of carbonyl (C=O) groups is 1. The first-order valence-corrected chi connectivity index (χ1v) is 8.64. The molecule has 1 N–H and O–H groups in total. The van der Waals surface area contributed by atoms with Gasteiger partial charge in [0, 0.05) is 41.9 Å². The Bertz CT molecular complexity index is 910. The minimum Gasteiger partial charge on any atom is -0.359 e. The predicted molar refractivity (Wildman–Crippen MR) is 95.8 cm³/mol. The van der Waals surface area contributed by atoms with Crippen LogP contribution in [0.2, 0.25) is 0 Å². The molecule has 2 aromatic heterocycles. The number of benzene rings is 1. The summed E-state index contributed by atoms with van der Waals surface area (Å²) in [6.45, 7) is 0. The van der Waals surface area contributed by atoms with Crippen molar-refractivity contribution in [3.05, 3.63) is 54.1 Å². The van der Waals surface area contributed by atoms with Gasteiger partial charge in [0.2, 0.25) is 0 Å². The molecule has 5 heteroatoms. The van der Waals surface area contributed by atoms with Crippen LogP contribution in [0.1, 0.15) is 36.0 Å². The van der Waals surface area contributed by atoms with Crippen LogP contribution in [-0.2, 0) is 0 Å². The second-order valence-corrected chi connectivity index (χ2v) is 6.68. The number of nitrogens with zero attached hydrogens (tertiary/aromatic N) is 2. The first-order chi connectivity index (χ1) is 12.1. The van der Waals surface area contributed by atoms with Gasteiger partial charge in [-0.3, -0.25) is 9.78 Å². The third kappa shape index (κ3) is 2.90. The first-order valence-electron chi connectivity index (χ1n) is 8.64. The van der Waals surface area contributed by atoms with E-state index in [1.54, 1.807) is 18.3 Å². The minimum absolute atomic E-state index is 0.0121. The number of amides is 1. The molecule has 4 nitrogen and oxygen atoms in total. The smallest absolute Gasteiger partial charge is 0.255 e. The summed E-state index contributed by atoms with van der Waals surface area (Å²) < 4.78 is 13.7. The number of hydrogen-bond donors (Lipinski definition) is 1. The molecular formula is C20H20FN3O. The zero-order valence-corrected chi connectivity index (χ0v) is 14.1. The van der Waals surface area contributed by atoms with Crippen LogP contribution < -0.4 is 0 Å². The third-order valence-electron chi connectivity index (χ3n) is 5.13. The molecule has 4 rings (SSSR count). The molecular weight excluding hydrogens is 317 g/mol. The van der Waals surface area contributed by atoms with Crippen molar-refractivity contribution in [2.45, 2.75) is 31.7 Å². The summed E-state index contributed by atoms with van der Waals surface area (Å²) in [6.07, 6.45) is 7.50. The van der Waals surface area contributed by atoms with Gasteiger partial charge in [0.25, 0.3) is 5.91 Å². The highest BCUT2D eigenvalue weighted by molar-refractivity contribution is 5.94. The minimum atomic E-state index is -0.276. The maximum atomic E-state index is 13.7. The highest BCUT2D eigenvalue weighted by Crippen LogP contribution is 2.26. The number of pyridine rings is 1. The van der Waals surface area contributed by atoms with Gasteiger partial charge < -0.3 is 9.88 Å². The topological polar surface area (TPSA) is 49.0 Å². The van der Waals surface area contributed by atoms with Crippen LogP contribution in [-0.4, -0.2) is 33.9 Å². The second kappa shape index (κ2) is 6.31. The molecule has 0 saturated heterocycles. The fraction of sp³-hybridized carbons (Fsp3) is 0.300. The highest BCUT2D eigenvalue weighted by atomic mass is 19.1. The van der Waals surface area contributed by atoms with Crippen LogP contribution in [0.25, 0.3) is 22.2 Å². The Balaban J connectivity index is 1.58. The van der Waals surface area contributed by atoms with E-state index in [4.69, 9.17) is 0 Å². The lowest BCUT2D eigenvalue weighted by molar-refractivity contribution is 0.0735. The Hall–Kier alpha value is -2.69. The zero-order valence-electron chi connectivity index (χ0n) is 14.1. The molecule has 0 aliphatic heterocycles. The first kappa shape index (κ1) is 15.8. The van der Waals surface area contributed by atoms with Crippen LogP contribution in [0.15, 0.2) is 42.7 Å². The van der Waals surface area contributed by atoms with Crippen molar-refractivity contribution in [1.82, 2.24) is 14.9 Å². The molecule has 0 bridgehead atoms. The van der Waals surface area contributed by atoms with E-state index in [0.717, 1.165) is 29.6 Å². The number of nitrogens with one attached hydrogen (secondary N) is 1. The number of H-pyrrole nitrogens is 1. The van der Waals surface area contributed by atoms with E-state index < -0.39 is 0 Å². The Morgan fingerprint density at radius 3 is 2.76 bits per heavy atom. The monoisotopic (exact) mass is 337 g/mol. The number of aromatic nitrogens is 2. The summed E-state index contributed by atoms with van der Waals surface area (Å²) in [6, 6.07) is 9.46. The Kier molecular flexibility index (Phi) is 3.99. The SMILES string of the molecule is CN(C(=O)c1ccc(-c2ccc3[nH]cc(F)c3c2)nc1)C1CCCC1. The number of halogens is 1. The maximum absolute atomic E-state index is 13.7. The molecule has 0 radical (unpaired) electrons. The molecule has 1 aliphatic carbocycles. The summed E-state index contributed by atoms with van der Waals surface area (Å²) >= 11 is 0. The van der Waals surface area contributed by atoms with Crippen molar-refractivity contribution < 1.29 is 9.18 Å². The van der Waals surface area contributed by atoms with E-state index in [1.807, 2.05) is 30.1 Å². The lowest BCUT2D eigenvalue weighted by Gasteiger charge is -2.24. The average Bonchev–Trinajstić information content (AvgIpc) is 3.31. The molecule has 3 aromatic rings. The van der Waals surface area contributed by atoms with Crippen molar-refractivity contribution in [3.63, 3.8) is 0 Å². The van der Waals surface area contributed by atoms with Gasteiger partial charge in [-0.1, -0.05) is 18.9 Å². The Morgan fingerprint density at radius 2 is 2.04 bits per heavy atom. The van der Waals surface area contributed by atoms with Crippen LogP contribution >= 0.6 is 0 Å². The van der Waals surface area contributed by atoms with Crippen LogP contribution in [0, 0.1) is 5.82 Å². The molecule has 1 saturated carbocycles. The molecule has 1 aliphatic rings. The Labute approximate surface area is 145 Å². The molecule has 128 valence electrons. The van der Waals surface area contributed by atoms with Gasteiger partial charge in [0.1, 0.15) is 5.82 Å². The fourth-order valence-corrected chi connectivity index (χ4v) is 3.60. The molecule has 1 fully saturated rings. The quantitative estimate of drug-likeness (QED) is 0.771. The standard InChI is InChI=1S/C20H20FN3O/c1-24(15-4-2-3-5-15)20(25)14-7-8-18(22-11-14)13-6-9-19-16(10-13)17(21)12-23-19/h6-12,15,23H,2-5H2,1H3. The average molecular weight is 337 g/mol. The van der Waals surface area contributed by atoms with Crippen molar-refractivity contribution in [2.24, 2.45) is 0 Å². The number of fused-ring (bicyclic) bond motifs is 1. The normalized spacial score (nSPS) is 15.0. The second-order valence-electron chi connectivity index (χ2n) is 6.68. The van der Waals surface area contributed by atoms with Crippen molar-refractivity contribution in [1.29, 1.82) is 0 Å². The summed E-state index contributed by atoms with van der Waals surface area (Å²) in [5.74, 6) is -0.264. The molecule has 0 spiro atoms. The van der Waals surface area contributed by atoms with Gasteiger partial charge in [0.15, 0.2) is 0 Å². The lowest BCUT2D eigenvalue weighted by atomic mass is 10.1. The summed E-state index contributed by atoms with van der Waals surface area (Å²) in [4.78, 5) is 21.7. The highest BCUT2D eigenvalue weighted by Gasteiger charge is 2.24. The number of aromatic amines is 1. The largest absolute Gasteiger partial charge is 0.359 e. The van der Waals surface area contributed by atoms with E-state index >= 15 is 0 Å². The van der Waals surface area contributed by atoms with Crippen LogP contribution in [0.3, 0.4) is 0 Å². The van der Waals surface area contributed by atoms with E-state index in [2.05, 4.69) is 9.97 Å². The summed E-state index contributed by atoms with van der Waals surface area (Å²) in [7, 11) is 1.87. The molecule has 25 heavy (non-hydrogen) atoms. The van der Waals surface area contributed by atoms with Crippen molar-refractivity contribution >= 4 is 16.8 Å². The van der Waals surface area contributed by atoms with Gasteiger partial charge in [0.05, 0.1) is 11.3 Å². The maximum Gasteiger partial charge on any atom is 0.255 e. The van der Waals surface area contributed by atoms with Gasteiger partial charge in [-0.25, -0.2) is 4.39 Å². The van der Waals surface area contributed by atoms with Gasteiger partial charge >= 0.3 is 0 Å².